The first-order valence-electron chi connectivity index (χ1n) is 8.30. The fraction of sp³-hybridized carbons (Fsp3) is 0.300. The fourth-order valence-electron chi connectivity index (χ4n) is 2.44. The molecule has 2 rings (SSSR count). The number of benzene rings is 2. The molecule has 0 heterocycles. The number of hydrogen-bond donors (Lipinski definition) is 2. The van der Waals surface area contributed by atoms with Crippen LogP contribution in [0.2, 0.25) is 0 Å². The molecule has 5 heteroatoms. The van der Waals surface area contributed by atoms with Crippen LogP contribution in [0.1, 0.15) is 36.7 Å². The lowest BCUT2D eigenvalue weighted by molar-refractivity contribution is 0.0527. The maximum absolute atomic E-state index is 12.2. The predicted molar refractivity (Wildman–Crippen MR) is 98.9 cm³/mol. The number of carbonyl (C=O) groups excluding carboxylic acids is 2. The van der Waals surface area contributed by atoms with E-state index in [4.69, 9.17) is 4.74 Å². The van der Waals surface area contributed by atoms with Crippen molar-refractivity contribution in [2.75, 3.05) is 18.5 Å². The Labute approximate surface area is 148 Å². The zero-order valence-corrected chi connectivity index (χ0v) is 14.8. The van der Waals surface area contributed by atoms with E-state index >= 15 is 0 Å². The minimum Gasteiger partial charge on any atom is -0.462 e. The van der Waals surface area contributed by atoms with Crippen molar-refractivity contribution < 1.29 is 14.3 Å². The number of hydrogen-bond acceptors (Lipinski definition) is 3. The molecule has 0 aromatic heterocycles. The molecule has 0 atom stereocenters. The highest BCUT2D eigenvalue weighted by atomic mass is 16.5. The fourth-order valence-corrected chi connectivity index (χ4v) is 2.44. The molecule has 2 aromatic rings. The van der Waals surface area contributed by atoms with Crippen LogP contribution in [0.25, 0.3) is 0 Å². The molecule has 0 unspecified atom stereocenters. The van der Waals surface area contributed by atoms with Gasteiger partial charge in [0.25, 0.3) is 0 Å². The quantitative estimate of drug-likeness (QED) is 0.782. The van der Waals surface area contributed by atoms with Gasteiger partial charge in [-0.05, 0) is 24.6 Å². The number of carbonyl (C=O) groups is 2. The Morgan fingerprint density at radius 1 is 1.00 bits per heavy atom. The topological polar surface area (TPSA) is 67.4 Å². The van der Waals surface area contributed by atoms with Gasteiger partial charge in [0.2, 0.25) is 0 Å². The number of nitrogens with one attached hydrogen (secondary N) is 2. The number of ether oxygens (including phenoxy) is 1. The third kappa shape index (κ3) is 5.08. The monoisotopic (exact) mass is 340 g/mol. The Balaban J connectivity index is 2.00. The lowest BCUT2D eigenvalue weighted by Crippen LogP contribution is -2.39. The SMILES string of the molecule is CCOC(=O)c1ccccc1NC(=O)NCC(C)(C)c1ccccc1. The second kappa shape index (κ2) is 8.33. The van der Waals surface area contributed by atoms with Crippen molar-refractivity contribution in [3.05, 3.63) is 65.7 Å². The summed E-state index contributed by atoms with van der Waals surface area (Å²) in [5.41, 5.74) is 1.69. The van der Waals surface area contributed by atoms with Gasteiger partial charge in [0, 0.05) is 12.0 Å². The maximum atomic E-state index is 12.2. The molecule has 0 spiro atoms. The number of esters is 1. The Hall–Kier alpha value is -2.82. The van der Waals surface area contributed by atoms with E-state index in [0.29, 0.717) is 17.8 Å². The maximum Gasteiger partial charge on any atom is 0.340 e. The van der Waals surface area contributed by atoms with Gasteiger partial charge in [-0.2, -0.15) is 0 Å². The molecule has 2 aromatic carbocycles. The molecule has 0 fully saturated rings. The Morgan fingerprint density at radius 3 is 2.32 bits per heavy atom. The van der Waals surface area contributed by atoms with Gasteiger partial charge in [0.15, 0.2) is 0 Å². The van der Waals surface area contributed by atoms with E-state index in [-0.39, 0.29) is 18.1 Å². The molecule has 0 aliphatic carbocycles. The van der Waals surface area contributed by atoms with E-state index in [1.807, 2.05) is 30.3 Å². The lowest BCUT2D eigenvalue weighted by atomic mass is 9.85. The molecule has 25 heavy (non-hydrogen) atoms. The molecule has 132 valence electrons. The average molecular weight is 340 g/mol. The summed E-state index contributed by atoms with van der Waals surface area (Å²) in [6.45, 7) is 6.62. The average Bonchev–Trinajstić information content (AvgIpc) is 2.61. The summed E-state index contributed by atoms with van der Waals surface area (Å²) in [6.07, 6.45) is 0. The molecule has 0 radical (unpaired) electrons. The summed E-state index contributed by atoms with van der Waals surface area (Å²) in [5.74, 6) is -0.456. The second-order valence-electron chi connectivity index (χ2n) is 6.32. The van der Waals surface area contributed by atoms with E-state index in [9.17, 15) is 9.59 Å². The molecule has 0 aliphatic heterocycles. The number of rotatable bonds is 6. The summed E-state index contributed by atoms with van der Waals surface area (Å²) in [4.78, 5) is 24.2. The summed E-state index contributed by atoms with van der Waals surface area (Å²) in [7, 11) is 0. The van der Waals surface area contributed by atoms with Crippen LogP contribution in [-0.2, 0) is 10.2 Å². The van der Waals surface area contributed by atoms with Crippen molar-refractivity contribution in [2.24, 2.45) is 0 Å². The van der Waals surface area contributed by atoms with Crippen LogP contribution in [-0.4, -0.2) is 25.2 Å². The molecule has 0 saturated carbocycles. The summed E-state index contributed by atoms with van der Waals surface area (Å²) in [6, 6.07) is 16.4. The number of urea groups is 1. The normalized spacial score (nSPS) is 10.8. The van der Waals surface area contributed by atoms with Gasteiger partial charge in [-0.1, -0.05) is 56.3 Å². The minimum atomic E-state index is -0.456. The minimum absolute atomic E-state index is 0.209. The molecule has 5 nitrogen and oxygen atoms in total. The highest BCUT2D eigenvalue weighted by Gasteiger charge is 2.21. The molecule has 2 N–H and O–H groups in total. The first-order valence-corrected chi connectivity index (χ1v) is 8.30. The van der Waals surface area contributed by atoms with Crippen LogP contribution < -0.4 is 10.6 Å². The third-order valence-corrected chi connectivity index (χ3v) is 3.92. The third-order valence-electron chi connectivity index (χ3n) is 3.92. The van der Waals surface area contributed by atoms with E-state index in [2.05, 4.69) is 24.5 Å². The van der Waals surface area contributed by atoms with Gasteiger partial charge in [0.1, 0.15) is 0 Å². The van der Waals surface area contributed by atoms with Crippen molar-refractivity contribution in [3.8, 4) is 0 Å². The standard InChI is InChI=1S/C20H24N2O3/c1-4-25-18(23)16-12-8-9-13-17(16)22-19(24)21-14-20(2,3)15-10-6-5-7-11-15/h5-13H,4,14H2,1-3H3,(H2,21,22,24). The number of anilines is 1. The van der Waals surface area contributed by atoms with Crippen molar-refractivity contribution in [3.63, 3.8) is 0 Å². The van der Waals surface area contributed by atoms with Crippen molar-refractivity contribution in [1.29, 1.82) is 0 Å². The van der Waals surface area contributed by atoms with Gasteiger partial charge in [-0.25, -0.2) is 9.59 Å². The first-order chi connectivity index (χ1) is 11.9. The van der Waals surface area contributed by atoms with Crippen LogP contribution in [0.4, 0.5) is 10.5 Å². The van der Waals surface area contributed by atoms with Crippen LogP contribution in [0.3, 0.4) is 0 Å². The van der Waals surface area contributed by atoms with Crippen LogP contribution in [0.5, 0.6) is 0 Å². The number of amides is 2. The molecular weight excluding hydrogens is 316 g/mol. The molecule has 0 saturated heterocycles. The Kier molecular flexibility index (Phi) is 6.17. The molecule has 0 bridgehead atoms. The van der Waals surface area contributed by atoms with Crippen molar-refractivity contribution in [1.82, 2.24) is 5.32 Å². The highest BCUT2D eigenvalue weighted by molar-refractivity contribution is 6.00. The van der Waals surface area contributed by atoms with Gasteiger partial charge in [-0.15, -0.1) is 0 Å². The molecule has 0 aliphatic rings. The summed E-state index contributed by atoms with van der Waals surface area (Å²) in [5, 5.41) is 5.59. The van der Waals surface area contributed by atoms with Gasteiger partial charge >= 0.3 is 12.0 Å². The first kappa shape index (κ1) is 18.5. The smallest absolute Gasteiger partial charge is 0.340 e. The largest absolute Gasteiger partial charge is 0.462 e. The Morgan fingerprint density at radius 2 is 1.64 bits per heavy atom. The van der Waals surface area contributed by atoms with E-state index in [1.54, 1.807) is 31.2 Å². The predicted octanol–water partition coefficient (Wildman–Crippen LogP) is 3.96. The van der Waals surface area contributed by atoms with Crippen LogP contribution >= 0.6 is 0 Å². The number of para-hydroxylation sites is 1. The van der Waals surface area contributed by atoms with Gasteiger partial charge < -0.3 is 15.4 Å². The van der Waals surface area contributed by atoms with Gasteiger partial charge in [0.05, 0.1) is 17.9 Å². The second-order valence-corrected chi connectivity index (χ2v) is 6.32. The highest BCUT2D eigenvalue weighted by Crippen LogP contribution is 2.22. The van der Waals surface area contributed by atoms with E-state index < -0.39 is 5.97 Å². The van der Waals surface area contributed by atoms with Crippen molar-refractivity contribution >= 4 is 17.7 Å². The lowest BCUT2D eigenvalue weighted by Gasteiger charge is -2.25. The Bertz CT molecular complexity index is 727. The van der Waals surface area contributed by atoms with Crippen LogP contribution in [0, 0.1) is 0 Å². The molecular formula is C20H24N2O3. The summed E-state index contributed by atoms with van der Waals surface area (Å²) < 4.78 is 5.01. The summed E-state index contributed by atoms with van der Waals surface area (Å²) >= 11 is 0. The van der Waals surface area contributed by atoms with E-state index in [1.165, 1.54) is 0 Å². The zero-order chi connectivity index (χ0) is 18.3. The van der Waals surface area contributed by atoms with Crippen molar-refractivity contribution in [2.45, 2.75) is 26.2 Å². The van der Waals surface area contributed by atoms with Gasteiger partial charge in [-0.3, -0.25) is 0 Å². The van der Waals surface area contributed by atoms with E-state index in [0.717, 1.165) is 5.56 Å². The zero-order valence-electron chi connectivity index (χ0n) is 14.8. The molecule has 2 amide bonds. The van der Waals surface area contributed by atoms with Crippen LogP contribution in [0.15, 0.2) is 54.6 Å².